The van der Waals surface area contributed by atoms with Crippen LogP contribution in [0.1, 0.15) is 61.3 Å². The number of ether oxygens (including phenoxy) is 3. The van der Waals surface area contributed by atoms with E-state index in [9.17, 15) is 24.6 Å². The first-order valence-electron chi connectivity index (χ1n) is 13.4. The summed E-state index contributed by atoms with van der Waals surface area (Å²) in [6.45, 7) is 12.1. The van der Waals surface area contributed by atoms with Gasteiger partial charge in [0.15, 0.2) is 17.9 Å². The lowest BCUT2D eigenvalue weighted by Gasteiger charge is -2.43. The Morgan fingerprint density at radius 2 is 1.68 bits per heavy atom. The molecule has 0 aliphatic carbocycles. The number of Topliss-reactive ketones (excluding diaryl/α,β-unsaturated/α-hetero) is 1. The Labute approximate surface area is 221 Å². The Morgan fingerprint density at radius 3 is 2.24 bits per heavy atom. The summed E-state index contributed by atoms with van der Waals surface area (Å²) in [5.41, 5.74) is 0. The summed E-state index contributed by atoms with van der Waals surface area (Å²) in [5.74, 6) is -4.07. The first-order valence-corrected chi connectivity index (χ1v) is 13.4. The second-order valence-corrected chi connectivity index (χ2v) is 11.5. The predicted octanol–water partition coefficient (Wildman–Crippen LogP) is 2.37. The number of cyclic esters (lactones) is 1. The van der Waals surface area contributed by atoms with Gasteiger partial charge in [0.1, 0.15) is 18.1 Å². The van der Waals surface area contributed by atoms with Gasteiger partial charge in [0.25, 0.3) is 0 Å². The van der Waals surface area contributed by atoms with Gasteiger partial charge in [-0.05, 0) is 59.7 Å². The minimum Gasteiger partial charge on any atom is -0.458 e. The number of ketones is 2. The van der Waals surface area contributed by atoms with Gasteiger partial charge in [0, 0.05) is 23.8 Å². The van der Waals surface area contributed by atoms with E-state index in [1.807, 2.05) is 39.8 Å². The van der Waals surface area contributed by atoms with Gasteiger partial charge in [-0.25, -0.2) is 0 Å². The van der Waals surface area contributed by atoms with E-state index >= 15 is 0 Å². The van der Waals surface area contributed by atoms with E-state index in [2.05, 4.69) is 0 Å². The molecule has 0 amide bonds. The van der Waals surface area contributed by atoms with Crippen molar-refractivity contribution in [2.24, 2.45) is 29.6 Å². The molecule has 1 saturated heterocycles. The topological polar surface area (TPSA) is 123 Å². The molecule has 2 N–H and O–H groups in total. The molecule has 1 unspecified atom stereocenters. The number of likely N-dealkylation sites (N-methyl/N-ethyl adjacent to an activating group) is 1. The monoisotopic (exact) mass is 525 g/mol. The fourth-order valence-corrected chi connectivity index (χ4v) is 5.44. The van der Waals surface area contributed by atoms with E-state index < -0.39 is 54.4 Å². The predicted molar refractivity (Wildman–Crippen MR) is 138 cm³/mol. The average Bonchev–Trinajstić information content (AvgIpc) is 2.82. The maximum absolute atomic E-state index is 13.5. The van der Waals surface area contributed by atoms with E-state index in [0.29, 0.717) is 12.8 Å². The summed E-state index contributed by atoms with van der Waals surface area (Å²) in [4.78, 5) is 41.3. The average molecular weight is 526 g/mol. The molecule has 0 aromatic heterocycles. The smallest absolute Gasteiger partial charge is 0.316 e. The molecule has 0 aromatic rings. The number of nitrogens with zero attached hydrogens (tertiary/aromatic N) is 1. The van der Waals surface area contributed by atoms with Gasteiger partial charge in [-0.15, -0.1) is 0 Å². The summed E-state index contributed by atoms with van der Waals surface area (Å²) in [6, 6.07) is -0.187. The van der Waals surface area contributed by atoms with Crippen LogP contribution in [-0.2, 0) is 28.6 Å². The van der Waals surface area contributed by atoms with Gasteiger partial charge in [-0.2, -0.15) is 0 Å². The van der Waals surface area contributed by atoms with Crippen molar-refractivity contribution in [3.05, 3.63) is 12.2 Å². The quantitative estimate of drug-likeness (QED) is 0.421. The Hall–Kier alpha value is -1.65. The van der Waals surface area contributed by atoms with Gasteiger partial charge < -0.3 is 29.3 Å². The molecule has 212 valence electrons. The molecule has 9 nitrogen and oxygen atoms in total. The van der Waals surface area contributed by atoms with Crippen LogP contribution in [0.4, 0.5) is 0 Å². The van der Waals surface area contributed by atoms with Crippen molar-refractivity contribution in [2.75, 3.05) is 14.1 Å². The third-order valence-electron chi connectivity index (χ3n) is 7.87. The molecular weight excluding hydrogens is 478 g/mol. The van der Waals surface area contributed by atoms with E-state index in [1.165, 1.54) is 19.9 Å². The fraction of sp³-hybridized carbons (Fsp3) is 0.821. The molecule has 2 rings (SSSR count). The molecule has 2 aliphatic rings. The van der Waals surface area contributed by atoms with Crippen LogP contribution >= 0.6 is 0 Å². The maximum Gasteiger partial charge on any atom is 0.316 e. The zero-order valence-corrected chi connectivity index (χ0v) is 23.8. The molecule has 1 fully saturated rings. The van der Waals surface area contributed by atoms with E-state index in [1.54, 1.807) is 19.9 Å². The third-order valence-corrected chi connectivity index (χ3v) is 7.87. The minimum absolute atomic E-state index is 0.104. The molecule has 9 heteroatoms. The number of carbonyl (C=O) groups is 3. The summed E-state index contributed by atoms with van der Waals surface area (Å²) in [6.07, 6.45) is -0.500. The zero-order chi connectivity index (χ0) is 28.2. The molecule has 12 atom stereocenters. The van der Waals surface area contributed by atoms with Crippen molar-refractivity contribution in [3.63, 3.8) is 0 Å². The molecule has 0 spiro atoms. The van der Waals surface area contributed by atoms with Crippen molar-refractivity contribution >= 4 is 17.5 Å². The molecule has 0 bridgehead atoms. The summed E-state index contributed by atoms with van der Waals surface area (Å²) < 4.78 is 17.9. The highest BCUT2D eigenvalue weighted by Gasteiger charge is 2.43. The Morgan fingerprint density at radius 1 is 1.05 bits per heavy atom. The van der Waals surface area contributed by atoms with Crippen molar-refractivity contribution in [1.82, 2.24) is 4.90 Å². The third kappa shape index (κ3) is 7.93. The second-order valence-electron chi connectivity index (χ2n) is 11.5. The number of hydrogen-bond acceptors (Lipinski definition) is 9. The van der Waals surface area contributed by atoms with Gasteiger partial charge >= 0.3 is 5.97 Å². The number of aliphatic hydroxyl groups is 2. The van der Waals surface area contributed by atoms with E-state index in [4.69, 9.17) is 14.2 Å². The molecule has 0 saturated carbocycles. The lowest BCUT2D eigenvalue weighted by atomic mass is 9.80. The number of rotatable bonds is 4. The largest absolute Gasteiger partial charge is 0.458 e. The first-order chi connectivity index (χ1) is 17.1. The van der Waals surface area contributed by atoms with Gasteiger partial charge in [0.2, 0.25) is 0 Å². The Bertz CT molecular complexity index is 827. The normalized spacial score (nSPS) is 42.7. The number of allylic oxidation sites excluding steroid dienone is 1. The SMILES string of the molecule is C[C@H]1C(=O)OC([C@@H](C)O)[C@H](C)/C=C/C(=O)[C@H](C)C[C@H](C)[C@H](O[C@@H]2O[C@H](C)C[C@H](N(C)C)[C@H]2O)[C@@H](C)C1=O. The van der Waals surface area contributed by atoms with Crippen LogP contribution in [0.25, 0.3) is 0 Å². The standard InChI is InChI=1S/C28H47NO8/c1-14-10-11-22(31)15(2)12-16(3)25(37-28-24(33)21(29(8)9)13-17(4)35-28)18(5)23(32)19(6)27(34)36-26(14)20(7)30/h10-11,14-21,24-26,28,30,33H,12-13H2,1-9H3/b11-10+/t14-,15-,16+,17-,18+,19-,20-,21+,24-,25+,26?,28+/m1/s1. The highest BCUT2D eigenvalue weighted by molar-refractivity contribution is 6.00. The summed E-state index contributed by atoms with van der Waals surface area (Å²) in [5, 5.41) is 21.2. The highest BCUT2D eigenvalue weighted by atomic mass is 16.7. The van der Waals surface area contributed by atoms with Crippen LogP contribution in [0, 0.1) is 29.6 Å². The van der Waals surface area contributed by atoms with Crippen LogP contribution in [0.3, 0.4) is 0 Å². The summed E-state index contributed by atoms with van der Waals surface area (Å²) in [7, 11) is 3.77. The first kappa shape index (κ1) is 31.6. The minimum atomic E-state index is -1.08. The number of hydrogen-bond donors (Lipinski definition) is 2. The van der Waals surface area contributed by atoms with Crippen molar-refractivity contribution < 1.29 is 38.8 Å². The van der Waals surface area contributed by atoms with Crippen molar-refractivity contribution in [3.8, 4) is 0 Å². The van der Waals surface area contributed by atoms with Crippen molar-refractivity contribution in [1.29, 1.82) is 0 Å². The maximum atomic E-state index is 13.5. The van der Waals surface area contributed by atoms with Crippen LogP contribution in [0.2, 0.25) is 0 Å². The lowest BCUT2D eigenvalue weighted by Crippen LogP contribution is -2.56. The molecule has 0 radical (unpaired) electrons. The molecule has 2 heterocycles. The van der Waals surface area contributed by atoms with Gasteiger partial charge in [-0.1, -0.05) is 33.8 Å². The number of aliphatic hydroxyl groups excluding tert-OH is 2. The van der Waals surface area contributed by atoms with Gasteiger partial charge in [0.05, 0.1) is 18.3 Å². The van der Waals surface area contributed by atoms with Crippen LogP contribution < -0.4 is 0 Å². The molecule has 37 heavy (non-hydrogen) atoms. The van der Waals surface area contributed by atoms with E-state index in [0.717, 1.165) is 0 Å². The second kappa shape index (κ2) is 13.4. The van der Waals surface area contributed by atoms with Crippen LogP contribution in [0.5, 0.6) is 0 Å². The Balaban J connectivity index is 2.42. The van der Waals surface area contributed by atoms with Gasteiger partial charge in [-0.3, -0.25) is 14.4 Å². The summed E-state index contributed by atoms with van der Waals surface area (Å²) >= 11 is 0. The number of carbonyl (C=O) groups excluding carboxylic acids is 3. The van der Waals surface area contributed by atoms with E-state index in [-0.39, 0.29) is 35.5 Å². The zero-order valence-electron chi connectivity index (χ0n) is 23.8. The van der Waals surface area contributed by atoms with Crippen LogP contribution in [-0.4, -0.2) is 89.6 Å². The van der Waals surface area contributed by atoms with Crippen LogP contribution in [0.15, 0.2) is 12.2 Å². The number of esters is 1. The molecular formula is C28H47NO8. The Kier molecular flexibility index (Phi) is 11.5. The molecule has 2 aliphatic heterocycles. The van der Waals surface area contributed by atoms with Crippen molar-refractivity contribution in [2.45, 2.75) is 104 Å². The highest BCUT2D eigenvalue weighted by Crippen LogP contribution is 2.32. The molecule has 0 aromatic carbocycles. The fourth-order valence-electron chi connectivity index (χ4n) is 5.44. The lowest BCUT2D eigenvalue weighted by molar-refractivity contribution is -0.278.